The lowest BCUT2D eigenvalue weighted by Gasteiger charge is -2.31. The first kappa shape index (κ1) is 18.6. The molecule has 28 heavy (non-hydrogen) atoms. The number of fused-ring (bicyclic) bond motifs is 1. The van der Waals surface area contributed by atoms with Gasteiger partial charge in [-0.15, -0.1) is 11.3 Å². The molecule has 1 saturated heterocycles. The van der Waals surface area contributed by atoms with Gasteiger partial charge in [0.2, 0.25) is 11.8 Å². The van der Waals surface area contributed by atoms with Crippen molar-refractivity contribution < 1.29 is 9.59 Å². The molecule has 144 valence electrons. The second-order valence-corrected chi connectivity index (χ2v) is 8.15. The molecule has 0 spiro atoms. The normalized spacial score (nSPS) is 17.5. The second-order valence-electron chi connectivity index (χ2n) is 7.08. The van der Waals surface area contributed by atoms with Crippen molar-refractivity contribution in [2.24, 2.45) is 5.73 Å². The van der Waals surface area contributed by atoms with E-state index in [0.29, 0.717) is 23.7 Å². The first-order valence-electron chi connectivity index (χ1n) is 9.36. The monoisotopic (exact) mass is 394 g/mol. The molecule has 1 fully saturated rings. The van der Waals surface area contributed by atoms with E-state index in [1.165, 1.54) is 4.70 Å². The largest absolute Gasteiger partial charge is 0.366 e. The molecule has 2 heterocycles. The number of para-hydroxylation sites is 1. The van der Waals surface area contributed by atoms with Crippen LogP contribution in [0.3, 0.4) is 0 Å². The molecule has 0 aliphatic carbocycles. The van der Waals surface area contributed by atoms with Crippen LogP contribution in [0.5, 0.6) is 0 Å². The maximum atomic E-state index is 12.4. The Balaban J connectivity index is 1.36. The van der Waals surface area contributed by atoms with Crippen LogP contribution >= 0.6 is 11.3 Å². The number of hydrogen-bond donors (Lipinski definition) is 2. The van der Waals surface area contributed by atoms with Crippen molar-refractivity contribution in [3.05, 3.63) is 59.1 Å². The van der Waals surface area contributed by atoms with Gasteiger partial charge in [-0.3, -0.25) is 14.5 Å². The maximum absolute atomic E-state index is 12.4. The van der Waals surface area contributed by atoms with Crippen molar-refractivity contribution in [2.75, 3.05) is 25.0 Å². The van der Waals surface area contributed by atoms with Crippen molar-refractivity contribution in [1.82, 2.24) is 9.88 Å². The number of likely N-dealkylation sites (tertiary alicyclic amines) is 1. The number of piperidine rings is 1. The number of thiazole rings is 1. The van der Waals surface area contributed by atoms with Gasteiger partial charge in [-0.05, 0) is 55.8 Å². The summed E-state index contributed by atoms with van der Waals surface area (Å²) in [4.78, 5) is 30.5. The van der Waals surface area contributed by atoms with Gasteiger partial charge in [0.25, 0.3) is 0 Å². The zero-order valence-corrected chi connectivity index (χ0v) is 16.2. The minimum atomic E-state index is -0.480. The lowest BCUT2D eigenvalue weighted by atomic mass is 9.99. The second kappa shape index (κ2) is 8.08. The highest BCUT2D eigenvalue weighted by Gasteiger charge is 2.25. The molecule has 2 aromatic carbocycles. The zero-order chi connectivity index (χ0) is 19.5. The van der Waals surface area contributed by atoms with Gasteiger partial charge in [0.1, 0.15) is 0 Å². The maximum Gasteiger partial charge on any atom is 0.248 e. The molecule has 3 N–H and O–H groups in total. The van der Waals surface area contributed by atoms with Crippen LogP contribution in [0, 0.1) is 0 Å². The molecule has 0 bridgehead atoms. The van der Waals surface area contributed by atoms with Crippen molar-refractivity contribution in [3.8, 4) is 0 Å². The van der Waals surface area contributed by atoms with E-state index in [2.05, 4.69) is 16.3 Å². The van der Waals surface area contributed by atoms with Gasteiger partial charge in [0.15, 0.2) is 0 Å². The number of anilines is 1. The van der Waals surface area contributed by atoms with Gasteiger partial charge in [-0.25, -0.2) is 4.98 Å². The number of hydrogen-bond acceptors (Lipinski definition) is 5. The Morgan fingerprint density at radius 3 is 2.71 bits per heavy atom. The Hall–Kier alpha value is -2.77. The Morgan fingerprint density at radius 1 is 1.18 bits per heavy atom. The number of aromatic nitrogens is 1. The molecule has 0 saturated carbocycles. The van der Waals surface area contributed by atoms with Crippen LogP contribution in [-0.2, 0) is 4.79 Å². The molecule has 2 amide bonds. The van der Waals surface area contributed by atoms with E-state index in [4.69, 9.17) is 10.7 Å². The third kappa shape index (κ3) is 4.21. The molecule has 7 heteroatoms. The quantitative estimate of drug-likeness (QED) is 0.695. The summed E-state index contributed by atoms with van der Waals surface area (Å²) in [6, 6.07) is 14.8. The first-order chi connectivity index (χ1) is 13.6. The van der Waals surface area contributed by atoms with Gasteiger partial charge in [0, 0.05) is 23.7 Å². The molecule has 1 aliphatic rings. The van der Waals surface area contributed by atoms with E-state index in [1.807, 2.05) is 18.2 Å². The zero-order valence-electron chi connectivity index (χ0n) is 15.4. The first-order valence-corrected chi connectivity index (χ1v) is 10.2. The highest BCUT2D eigenvalue weighted by molar-refractivity contribution is 7.18. The van der Waals surface area contributed by atoms with E-state index in [0.717, 1.165) is 36.5 Å². The van der Waals surface area contributed by atoms with Crippen LogP contribution in [-0.4, -0.2) is 41.3 Å². The Kier molecular flexibility index (Phi) is 5.36. The summed E-state index contributed by atoms with van der Waals surface area (Å²) in [5.74, 6) is -0.169. The number of amides is 2. The van der Waals surface area contributed by atoms with Crippen molar-refractivity contribution in [3.63, 3.8) is 0 Å². The molecule has 0 unspecified atom stereocenters. The average molecular weight is 395 g/mol. The van der Waals surface area contributed by atoms with Crippen LogP contribution in [0.2, 0.25) is 0 Å². The van der Waals surface area contributed by atoms with Gasteiger partial charge in [0.05, 0.1) is 21.8 Å². The predicted molar refractivity (Wildman–Crippen MR) is 112 cm³/mol. The molecule has 4 rings (SSSR count). The topological polar surface area (TPSA) is 88.3 Å². The fourth-order valence-electron chi connectivity index (χ4n) is 3.59. The molecule has 3 aromatic rings. The highest BCUT2D eigenvalue weighted by atomic mass is 32.1. The smallest absolute Gasteiger partial charge is 0.248 e. The van der Waals surface area contributed by atoms with Gasteiger partial charge in [-0.1, -0.05) is 12.1 Å². The number of primary amides is 1. The van der Waals surface area contributed by atoms with Crippen LogP contribution < -0.4 is 11.1 Å². The fraction of sp³-hybridized carbons (Fsp3) is 0.286. The third-order valence-corrected chi connectivity index (χ3v) is 6.18. The van der Waals surface area contributed by atoms with E-state index >= 15 is 0 Å². The molecule has 1 aliphatic heterocycles. The van der Waals surface area contributed by atoms with Crippen LogP contribution in [0.15, 0.2) is 48.5 Å². The molecule has 1 aromatic heterocycles. The standard InChI is InChI=1S/C21H22N4O2S/c22-20(27)14-7-9-16(10-8-14)23-19(26)13-25-11-3-4-15(12-25)21-24-17-5-1-2-6-18(17)28-21/h1-2,5-10,15H,3-4,11-13H2,(H2,22,27)(H,23,26)/t15-/m1/s1. The van der Waals surface area contributed by atoms with Gasteiger partial charge in [-0.2, -0.15) is 0 Å². The molecular weight excluding hydrogens is 372 g/mol. The summed E-state index contributed by atoms with van der Waals surface area (Å²) in [5, 5.41) is 4.05. The summed E-state index contributed by atoms with van der Waals surface area (Å²) in [6.45, 7) is 2.10. The van der Waals surface area contributed by atoms with Gasteiger partial charge < -0.3 is 11.1 Å². The lowest BCUT2D eigenvalue weighted by Crippen LogP contribution is -2.39. The van der Waals surface area contributed by atoms with Gasteiger partial charge >= 0.3 is 0 Å². The summed E-state index contributed by atoms with van der Waals surface area (Å²) >= 11 is 1.75. The number of nitrogens with one attached hydrogen (secondary N) is 1. The van der Waals surface area contributed by atoms with Crippen molar-refractivity contribution >= 4 is 39.1 Å². The van der Waals surface area contributed by atoms with Crippen LogP contribution in [0.25, 0.3) is 10.2 Å². The molecular formula is C21H22N4O2S. The third-order valence-electron chi connectivity index (χ3n) is 4.99. The van der Waals surface area contributed by atoms with Crippen LogP contribution in [0.1, 0.15) is 34.1 Å². The molecule has 0 radical (unpaired) electrons. The number of nitrogens with two attached hydrogens (primary N) is 1. The lowest BCUT2D eigenvalue weighted by molar-refractivity contribution is -0.117. The number of benzene rings is 2. The predicted octanol–water partition coefficient (Wildman–Crippen LogP) is 3.21. The summed E-state index contributed by atoms with van der Waals surface area (Å²) in [6.07, 6.45) is 2.16. The number of nitrogens with zero attached hydrogens (tertiary/aromatic N) is 2. The SMILES string of the molecule is NC(=O)c1ccc(NC(=O)CN2CCC[C@@H](c3nc4ccccc4s3)C2)cc1. The highest BCUT2D eigenvalue weighted by Crippen LogP contribution is 2.32. The Labute approximate surface area is 167 Å². The number of carbonyl (C=O) groups excluding carboxylic acids is 2. The van der Waals surface area contributed by atoms with E-state index in [1.54, 1.807) is 35.6 Å². The molecule has 1 atom stereocenters. The number of carbonyl (C=O) groups is 2. The van der Waals surface area contributed by atoms with E-state index in [9.17, 15) is 9.59 Å². The van der Waals surface area contributed by atoms with Crippen molar-refractivity contribution in [2.45, 2.75) is 18.8 Å². The average Bonchev–Trinajstić information content (AvgIpc) is 3.13. The number of rotatable bonds is 5. The minimum absolute atomic E-state index is 0.0585. The summed E-state index contributed by atoms with van der Waals surface area (Å²) in [5.41, 5.74) is 7.38. The molecule has 6 nitrogen and oxygen atoms in total. The minimum Gasteiger partial charge on any atom is -0.366 e. The van der Waals surface area contributed by atoms with E-state index in [-0.39, 0.29) is 5.91 Å². The van der Waals surface area contributed by atoms with Crippen LogP contribution in [0.4, 0.5) is 5.69 Å². The fourth-order valence-corrected chi connectivity index (χ4v) is 4.68. The summed E-state index contributed by atoms with van der Waals surface area (Å²) in [7, 11) is 0. The van der Waals surface area contributed by atoms with Crippen molar-refractivity contribution in [1.29, 1.82) is 0 Å². The van der Waals surface area contributed by atoms with E-state index < -0.39 is 5.91 Å². The Bertz CT molecular complexity index is 966. The summed E-state index contributed by atoms with van der Waals surface area (Å²) < 4.78 is 1.21. The Morgan fingerprint density at radius 2 is 1.96 bits per heavy atom.